The van der Waals surface area contributed by atoms with E-state index in [4.69, 9.17) is 0 Å². The van der Waals surface area contributed by atoms with Crippen LogP contribution in [0.15, 0.2) is 0 Å². The molecule has 0 fully saturated rings. The van der Waals surface area contributed by atoms with Crippen LogP contribution in [0.5, 0.6) is 0 Å². The molecule has 1 aliphatic carbocycles. The summed E-state index contributed by atoms with van der Waals surface area (Å²) in [5.74, 6) is 0. The summed E-state index contributed by atoms with van der Waals surface area (Å²) in [5, 5.41) is 16.9. The summed E-state index contributed by atoms with van der Waals surface area (Å²) in [6.45, 7) is 0. The van der Waals surface area contributed by atoms with E-state index in [1.807, 2.05) is 7.05 Å². The first-order valence-electron chi connectivity index (χ1n) is 3.33. The van der Waals surface area contributed by atoms with Crippen LogP contribution in [-0.4, -0.2) is 26.2 Å². The van der Waals surface area contributed by atoms with Gasteiger partial charge in [-0.3, -0.25) is 4.68 Å². The lowest BCUT2D eigenvalue weighted by molar-refractivity contribution is 0.183. The van der Waals surface area contributed by atoms with Crippen LogP contribution in [0, 0.1) is 0 Å². The molecule has 1 atom stereocenters. The van der Waals surface area contributed by atoms with E-state index in [9.17, 15) is 5.11 Å². The lowest BCUT2D eigenvalue weighted by atomic mass is 10.3. The van der Waals surface area contributed by atoms with Crippen LogP contribution in [0.4, 0.5) is 0 Å². The van der Waals surface area contributed by atoms with Crippen LogP contribution < -0.4 is 0 Å². The molecule has 0 saturated carbocycles. The van der Waals surface area contributed by atoms with E-state index in [2.05, 4.69) is 10.3 Å². The number of hydrogen-bond donors (Lipinski definition) is 1. The van der Waals surface area contributed by atoms with Crippen LogP contribution in [0.1, 0.15) is 11.4 Å². The molecule has 1 heterocycles. The Hall–Kier alpha value is -0.900. The fourth-order valence-electron chi connectivity index (χ4n) is 1.35. The largest absolute Gasteiger partial charge is 0.392 e. The number of hydrogen-bond acceptors (Lipinski definition) is 3. The summed E-state index contributed by atoms with van der Waals surface area (Å²) in [6.07, 6.45) is 1.15. The normalized spacial score (nSPS) is 23.2. The lowest BCUT2D eigenvalue weighted by Crippen LogP contribution is -2.08. The number of rotatable bonds is 0. The van der Waals surface area contributed by atoms with E-state index < -0.39 is 0 Å². The first-order valence-corrected chi connectivity index (χ1v) is 3.33. The Bertz CT molecular complexity index is 255. The summed E-state index contributed by atoms with van der Waals surface area (Å²) in [4.78, 5) is 0. The summed E-state index contributed by atoms with van der Waals surface area (Å²) < 4.78 is 1.73. The zero-order valence-electron chi connectivity index (χ0n) is 5.78. The van der Waals surface area contributed by atoms with Gasteiger partial charge in [0.05, 0.1) is 17.5 Å². The third-order valence-corrected chi connectivity index (χ3v) is 1.88. The maximum atomic E-state index is 9.18. The van der Waals surface area contributed by atoms with Gasteiger partial charge in [-0.15, -0.1) is 5.10 Å². The second-order valence-electron chi connectivity index (χ2n) is 2.67. The summed E-state index contributed by atoms with van der Waals surface area (Å²) in [7, 11) is 1.85. The van der Waals surface area contributed by atoms with E-state index in [-0.39, 0.29) is 6.10 Å². The molecule has 1 unspecified atom stereocenters. The highest BCUT2D eigenvalue weighted by molar-refractivity contribution is 5.18. The number of aryl methyl sites for hydroxylation is 1. The number of aromatic nitrogens is 3. The molecule has 10 heavy (non-hydrogen) atoms. The van der Waals surface area contributed by atoms with Gasteiger partial charge in [0.15, 0.2) is 0 Å². The second-order valence-corrected chi connectivity index (χ2v) is 2.67. The van der Waals surface area contributed by atoms with Crippen LogP contribution in [0.3, 0.4) is 0 Å². The molecule has 0 aromatic carbocycles. The fourth-order valence-corrected chi connectivity index (χ4v) is 1.35. The minimum atomic E-state index is -0.230. The van der Waals surface area contributed by atoms with Gasteiger partial charge < -0.3 is 5.11 Å². The van der Waals surface area contributed by atoms with Crippen LogP contribution in [0.2, 0.25) is 0 Å². The third-order valence-electron chi connectivity index (χ3n) is 1.88. The van der Waals surface area contributed by atoms with Crippen LogP contribution in [0.25, 0.3) is 0 Å². The van der Waals surface area contributed by atoms with Gasteiger partial charge >= 0.3 is 0 Å². The van der Waals surface area contributed by atoms with Gasteiger partial charge in [0.2, 0.25) is 0 Å². The Balaban J connectivity index is 2.44. The number of aliphatic hydroxyl groups excluding tert-OH is 1. The fraction of sp³-hybridized carbons (Fsp3) is 0.667. The minimum Gasteiger partial charge on any atom is -0.392 e. The molecular weight excluding hydrogens is 130 g/mol. The standard InChI is InChI=1S/C6H9N3O/c1-9-6-3-4(10)2-5(6)7-8-9/h4,10H,2-3H2,1H3. The quantitative estimate of drug-likeness (QED) is 0.515. The molecule has 0 spiro atoms. The monoisotopic (exact) mass is 139 g/mol. The Labute approximate surface area is 58.5 Å². The molecule has 4 nitrogen and oxygen atoms in total. The molecule has 54 valence electrons. The summed E-state index contributed by atoms with van der Waals surface area (Å²) in [5.41, 5.74) is 2.03. The zero-order valence-corrected chi connectivity index (χ0v) is 5.78. The molecule has 0 bridgehead atoms. The summed E-state index contributed by atoms with van der Waals surface area (Å²) in [6, 6.07) is 0. The van der Waals surface area contributed by atoms with Gasteiger partial charge in [-0.05, 0) is 0 Å². The Morgan fingerprint density at radius 1 is 1.60 bits per heavy atom. The second kappa shape index (κ2) is 1.79. The zero-order chi connectivity index (χ0) is 7.14. The number of fused-ring (bicyclic) bond motifs is 1. The molecule has 1 aliphatic rings. The van der Waals surface area contributed by atoms with Crippen LogP contribution in [-0.2, 0) is 19.9 Å². The highest BCUT2D eigenvalue weighted by Crippen LogP contribution is 2.17. The smallest absolute Gasteiger partial charge is 0.0885 e. The highest BCUT2D eigenvalue weighted by atomic mass is 16.3. The first kappa shape index (κ1) is 5.85. The lowest BCUT2D eigenvalue weighted by Gasteiger charge is -1.96. The van der Waals surface area contributed by atoms with Crippen molar-refractivity contribution in [3.63, 3.8) is 0 Å². The molecule has 2 rings (SSSR count). The van der Waals surface area contributed by atoms with Gasteiger partial charge in [0, 0.05) is 19.9 Å². The van der Waals surface area contributed by atoms with Crippen molar-refractivity contribution in [1.82, 2.24) is 15.0 Å². The molecule has 0 amide bonds. The molecule has 1 N–H and O–H groups in total. The van der Waals surface area contributed by atoms with Crippen molar-refractivity contribution >= 4 is 0 Å². The Kier molecular flexibility index (Phi) is 1.05. The molecule has 1 aromatic heterocycles. The number of aliphatic hydroxyl groups is 1. The molecule has 1 aromatic rings. The molecule has 4 heteroatoms. The van der Waals surface area contributed by atoms with Crippen molar-refractivity contribution in [3.8, 4) is 0 Å². The molecule has 0 saturated heterocycles. The van der Waals surface area contributed by atoms with E-state index in [0.29, 0.717) is 12.8 Å². The van der Waals surface area contributed by atoms with Gasteiger partial charge in [0.1, 0.15) is 0 Å². The Morgan fingerprint density at radius 2 is 2.40 bits per heavy atom. The molecule has 0 aliphatic heterocycles. The highest BCUT2D eigenvalue weighted by Gasteiger charge is 2.23. The molecule has 0 radical (unpaired) electrons. The van der Waals surface area contributed by atoms with Gasteiger partial charge in [-0.2, -0.15) is 0 Å². The molecular formula is C6H9N3O. The van der Waals surface area contributed by atoms with E-state index in [0.717, 1.165) is 11.4 Å². The van der Waals surface area contributed by atoms with Crippen molar-refractivity contribution in [2.24, 2.45) is 7.05 Å². The summed E-state index contributed by atoms with van der Waals surface area (Å²) >= 11 is 0. The third kappa shape index (κ3) is 0.654. The maximum Gasteiger partial charge on any atom is 0.0885 e. The van der Waals surface area contributed by atoms with Crippen molar-refractivity contribution < 1.29 is 5.11 Å². The van der Waals surface area contributed by atoms with Crippen molar-refractivity contribution in [2.45, 2.75) is 18.9 Å². The van der Waals surface area contributed by atoms with Gasteiger partial charge in [-0.1, -0.05) is 5.21 Å². The predicted molar refractivity (Wildman–Crippen MR) is 34.4 cm³/mol. The van der Waals surface area contributed by atoms with Crippen molar-refractivity contribution in [2.75, 3.05) is 0 Å². The topological polar surface area (TPSA) is 50.9 Å². The van der Waals surface area contributed by atoms with Crippen molar-refractivity contribution in [1.29, 1.82) is 0 Å². The number of nitrogens with zero attached hydrogens (tertiary/aromatic N) is 3. The Morgan fingerprint density at radius 3 is 3.10 bits per heavy atom. The van der Waals surface area contributed by atoms with Gasteiger partial charge in [-0.25, -0.2) is 0 Å². The van der Waals surface area contributed by atoms with E-state index in [1.54, 1.807) is 4.68 Å². The van der Waals surface area contributed by atoms with Crippen molar-refractivity contribution in [3.05, 3.63) is 11.4 Å². The van der Waals surface area contributed by atoms with E-state index in [1.165, 1.54) is 0 Å². The predicted octanol–water partition coefficient (Wildman–Crippen LogP) is -0.725. The maximum absolute atomic E-state index is 9.18. The van der Waals surface area contributed by atoms with Crippen LogP contribution >= 0.6 is 0 Å². The van der Waals surface area contributed by atoms with E-state index >= 15 is 0 Å². The van der Waals surface area contributed by atoms with Gasteiger partial charge in [0.25, 0.3) is 0 Å². The first-order chi connectivity index (χ1) is 4.77. The average molecular weight is 139 g/mol. The minimum absolute atomic E-state index is 0.230. The average Bonchev–Trinajstić information content (AvgIpc) is 2.35. The SMILES string of the molecule is Cn1nnc2c1CC(O)C2.